The van der Waals surface area contributed by atoms with Gasteiger partial charge < -0.3 is 10.2 Å². The zero-order valence-corrected chi connectivity index (χ0v) is 12.0. The fraction of sp³-hybridized carbons (Fsp3) is 0.0769. The number of rotatable bonds is 5. The van der Waals surface area contributed by atoms with Gasteiger partial charge >= 0.3 is 0 Å². The number of hydrogen-bond donors (Lipinski definition) is 2. The molecule has 0 aliphatic heterocycles. The van der Waals surface area contributed by atoms with Gasteiger partial charge in [-0.25, -0.2) is 0 Å². The van der Waals surface area contributed by atoms with Gasteiger partial charge in [-0.05, 0) is 39.7 Å². The molecule has 0 fully saturated rings. The molecule has 20 heavy (non-hydrogen) atoms. The molecule has 0 heterocycles. The average Bonchev–Trinajstić information content (AvgIpc) is 2.46. The Morgan fingerprint density at radius 1 is 1.30 bits per heavy atom. The van der Waals surface area contributed by atoms with E-state index in [-0.39, 0.29) is 18.0 Å². The van der Waals surface area contributed by atoms with E-state index in [1.54, 1.807) is 12.1 Å². The fourth-order valence-electron chi connectivity index (χ4n) is 1.66. The maximum Gasteiger partial charge on any atom is 0.294 e. The lowest BCUT2D eigenvalue weighted by atomic mass is 10.2. The summed E-state index contributed by atoms with van der Waals surface area (Å²) in [6.07, 6.45) is 0. The van der Waals surface area contributed by atoms with Gasteiger partial charge in [0.05, 0.1) is 9.40 Å². The summed E-state index contributed by atoms with van der Waals surface area (Å²) >= 11 is 3.37. The first kappa shape index (κ1) is 14.3. The van der Waals surface area contributed by atoms with E-state index in [9.17, 15) is 10.1 Å². The number of hydrazine groups is 1. The fourth-order valence-corrected chi connectivity index (χ4v) is 2.06. The maximum atomic E-state index is 10.9. The summed E-state index contributed by atoms with van der Waals surface area (Å²) in [7, 11) is 0. The van der Waals surface area contributed by atoms with Gasteiger partial charge in [0, 0.05) is 6.07 Å². The van der Waals surface area contributed by atoms with Crippen molar-refractivity contribution in [1.29, 1.82) is 0 Å². The number of hydrogen-bond acceptors (Lipinski definition) is 5. The second kappa shape index (κ2) is 6.36. The third-order valence-electron chi connectivity index (χ3n) is 2.65. The third-order valence-corrected chi connectivity index (χ3v) is 3.30. The van der Waals surface area contributed by atoms with E-state index in [4.69, 9.17) is 10.6 Å². The topological polar surface area (TPSA) is 90.4 Å². The van der Waals surface area contributed by atoms with Gasteiger partial charge in [0.15, 0.2) is 0 Å². The normalized spacial score (nSPS) is 10.1. The van der Waals surface area contributed by atoms with E-state index < -0.39 is 4.92 Å². The molecule has 0 amide bonds. The Morgan fingerprint density at radius 3 is 2.70 bits per heavy atom. The van der Waals surface area contributed by atoms with Crippen LogP contribution < -0.4 is 16.0 Å². The highest BCUT2D eigenvalue weighted by Crippen LogP contribution is 2.27. The van der Waals surface area contributed by atoms with E-state index in [1.807, 2.05) is 24.3 Å². The second-order valence-corrected chi connectivity index (χ2v) is 4.83. The van der Waals surface area contributed by atoms with Crippen molar-refractivity contribution in [3.63, 3.8) is 0 Å². The molecule has 2 aromatic carbocycles. The number of ether oxygens (including phenoxy) is 1. The number of nitro benzene ring substituents is 1. The molecule has 0 spiro atoms. The summed E-state index contributed by atoms with van der Waals surface area (Å²) in [5.74, 6) is 5.91. The van der Waals surface area contributed by atoms with Gasteiger partial charge in [0.2, 0.25) is 0 Å². The molecule has 0 bridgehead atoms. The molecule has 2 aromatic rings. The molecule has 2 rings (SSSR count). The number of nitrogens with one attached hydrogen (secondary N) is 1. The summed E-state index contributed by atoms with van der Waals surface area (Å²) in [6.45, 7) is 0.230. The van der Waals surface area contributed by atoms with Crippen LogP contribution in [0.4, 0.5) is 11.4 Å². The van der Waals surface area contributed by atoms with Crippen LogP contribution in [0, 0.1) is 10.1 Å². The summed E-state index contributed by atoms with van der Waals surface area (Å²) in [4.78, 5) is 10.4. The van der Waals surface area contributed by atoms with Crippen molar-refractivity contribution in [2.24, 2.45) is 5.84 Å². The first-order valence-corrected chi connectivity index (χ1v) is 6.52. The van der Waals surface area contributed by atoms with Gasteiger partial charge in [-0.15, -0.1) is 0 Å². The lowest BCUT2D eigenvalue weighted by molar-refractivity contribution is -0.384. The van der Waals surface area contributed by atoms with E-state index in [0.29, 0.717) is 11.3 Å². The quantitative estimate of drug-likeness (QED) is 0.496. The Kier molecular flexibility index (Phi) is 4.54. The average molecular weight is 338 g/mol. The minimum atomic E-state index is -0.489. The third kappa shape index (κ3) is 3.25. The smallest absolute Gasteiger partial charge is 0.294 e. The molecule has 0 radical (unpaired) electrons. The first-order chi connectivity index (χ1) is 9.61. The molecule has 0 aliphatic carbocycles. The van der Waals surface area contributed by atoms with Crippen LogP contribution in [0.3, 0.4) is 0 Å². The molecular weight excluding hydrogens is 326 g/mol. The van der Waals surface area contributed by atoms with Gasteiger partial charge in [-0.2, -0.15) is 0 Å². The Bertz CT molecular complexity index is 634. The molecule has 7 heteroatoms. The monoisotopic (exact) mass is 337 g/mol. The number of nitro groups is 1. The van der Waals surface area contributed by atoms with E-state index in [1.165, 1.54) is 6.07 Å². The highest BCUT2D eigenvalue weighted by Gasteiger charge is 2.14. The minimum absolute atomic E-state index is 0.0827. The molecule has 104 valence electrons. The van der Waals surface area contributed by atoms with E-state index in [0.717, 1.165) is 4.47 Å². The van der Waals surface area contributed by atoms with Crippen LogP contribution in [0.1, 0.15) is 5.56 Å². The van der Waals surface area contributed by atoms with Crippen LogP contribution in [-0.4, -0.2) is 4.92 Å². The SMILES string of the molecule is NNc1ccc(COc2ccccc2Br)cc1[N+](=O)[O-]. The van der Waals surface area contributed by atoms with E-state index >= 15 is 0 Å². The molecule has 0 atom stereocenters. The number of halogens is 1. The Morgan fingerprint density at radius 2 is 2.05 bits per heavy atom. The number of anilines is 1. The standard InChI is InChI=1S/C13H12BrN3O3/c14-10-3-1-2-4-13(10)20-8-9-5-6-11(16-15)12(7-9)17(18)19/h1-7,16H,8,15H2. The second-order valence-electron chi connectivity index (χ2n) is 3.97. The van der Waals surface area contributed by atoms with Crippen molar-refractivity contribution < 1.29 is 9.66 Å². The lowest BCUT2D eigenvalue weighted by Gasteiger charge is -2.09. The number of nitrogens with two attached hydrogens (primary N) is 1. The zero-order chi connectivity index (χ0) is 14.5. The number of para-hydroxylation sites is 1. The van der Waals surface area contributed by atoms with Gasteiger partial charge in [-0.1, -0.05) is 18.2 Å². The summed E-state index contributed by atoms with van der Waals surface area (Å²) < 4.78 is 6.44. The molecule has 0 saturated heterocycles. The Labute approximate surface area is 123 Å². The number of nitrogen functional groups attached to an aromatic ring is 1. The number of nitrogens with zero attached hydrogens (tertiary/aromatic N) is 1. The zero-order valence-electron chi connectivity index (χ0n) is 10.4. The maximum absolute atomic E-state index is 10.9. The Hall–Kier alpha value is -2.12. The molecule has 0 aliphatic rings. The van der Waals surface area contributed by atoms with Crippen molar-refractivity contribution >= 4 is 27.3 Å². The van der Waals surface area contributed by atoms with Crippen LogP contribution in [0.25, 0.3) is 0 Å². The van der Waals surface area contributed by atoms with Crippen LogP contribution >= 0.6 is 15.9 Å². The largest absolute Gasteiger partial charge is 0.488 e. The summed E-state index contributed by atoms with van der Waals surface area (Å²) in [5, 5.41) is 10.9. The minimum Gasteiger partial charge on any atom is -0.488 e. The van der Waals surface area contributed by atoms with Crippen LogP contribution in [0.5, 0.6) is 5.75 Å². The molecule has 0 unspecified atom stereocenters. The highest BCUT2D eigenvalue weighted by molar-refractivity contribution is 9.10. The predicted octanol–water partition coefficient (Wildman–Crippen LogP) is 3.22. The summed E-state index contributed by atoms with van der Waals surface area (Å²) in [6, 6.07) is 12.1. The molecule has 0 saturated carbocycles. The van der Waals surface area contributed by atoms with Gasteiger partial charge in [0.25, 0.3) is 5.69 Å². The highest BCUT2D eigenvalue weighted by atomic mass is 79.9. The van der Waals surface area contributed by atoms with Gasteiger partial charge in [-0.3, -0.25) is 16.0 Å². The summed E-state index contributed by atoms with van der Waals surface area (Å²) in [5.41, 5.74) is 3.16. The predicted molar refractivity (Wildman–Crippen MR) is 79.4 cm³/mol. The number of benzene rings is 2. The van der Waals surface area contributed by atoms with Crippen molar-refractivity contribution in [3.05, 3.63) is 62.6 Å². The van der Waals surface area contributed by atoms with Crippen LogP contribution in [0.15, 0.2) is 46.9 Å². The van der Waals surface area contributed by atoms with Crippen molar-refractivity contribution in [2.45, 2.75) is 6.61 Å². The van der Waals surface area contributed by atoms with E-state index in [2.05, 4.69) is 21.4 Å². The Balaban J connectivity index is 2.16. The molecule has 3 N–H and O–H groups in total. The van der Waals surface area contributed by atoms with Crippen molar-refractivity contribution in [3.8, 4) is 5.75 Å². The first-order valence-electron chi connectivity index (χ1n) is 5.73. The van der Waals surface area contributed by atoms with Crippen LogP contribution in [-0.2, 0) is 6.61 Å². The lowest BCUT2D eigenvalue weighted by Crippen LogP contribution is -2.09. The van der Waals surface area contributed by atoms with Crippen molar-refractivity contribution in [1.82, 2.24) is 0 Å². The molecule has 0 aromatic heterocycles. The van der Waals surface area contributed by atoms with Crippen LogP contribution in [0.2, 0.25) is 0 Å². The molecular formula is C13H12BrN3O3. The molecule has 6 nitrogen and oxygen atoms in total. The van der Waals surface area contributed by atoms with Gasteiger partial charge in [0.1, 0.15) is 18.0 Å². The van der Waals surface area contributed by atoms with Crippen molar-refractivity contribution in [2.75, 3.05) is 5.43 Å².